The standard InChI is InChI=1S/C10H9ClO3S/c11-15(12,13)9-3-1-2-6-7-4-5-8(14-7)10(6)9/h1-3,7-8H,4-5H2. The Bertz CT molecular complexity index is 523. The van der Waals surface area contributed by atoms with Gasteiger partial charge < -0.3 is 4.74 Å². The van der Waals surface area contributed by atoms with Crippen molar-refractivity contribution in [1.82, 2.24) is 0 Å². The van der Waals surface area contributed by atoms with E-state index in [1.54, 1.807) is 12.1 Å². The summed E-state index contributed by atoms with van der Waals surface area (Å²) in [4.78, 5) is 0.217. The van der Waals surface area contributed by atoms with Crippen molar-refractivity contribution in [1.29, 1.82) is 0 Å². The van der Waals surface area contributed by atoms with Gasteiger partial charge in [-0.05, 0) is 24.5 Å². The molecule has 3 rings (SSSR count). The average Bonchev–Trinajstić information content (AvgIpc) is 2.76. The van der Waals surface area contributed by atoms with Gasteiger partial charge in [0.2, 0.25) is 0 Å². The van der Waals surface area contributed by atoms with Crippen LogP contribution in [-0.2, 0) is 13.8 Å². The molecule has 0 spiro atoms. The van der Waals surface area contributed by atoms with E-state index >= 15 is 0 Å². The van der Waals surface area contributed by atoms with Crippen LogP contribution >= 0.6 is 10.7 Å². The Balaban J connectivity index is 2.29. The topological polar surface area (TPSA) is 43.4 Å². The zero-order valence-electron chi connectivity index (χ0n) is 7.81. The summed E-state index contributed by atoms with van der Waals surface area (Å²) >= 11 is 0. The Morgan fingerprint density at radius 2 is 2.00 bits per heavy atom. The van der Waals surface area contributed by atoms with E-state index in [0.29, 0.717) is 0 Å². The summed E-state index contributed by atoms with van der Waals surface area (Å²) in [6.07, 6.45) is 1.86. The van der Waals surface area contributed by atoms with Crippen LogP contribution < -0.4 is 0 Å². The van der Waals surface area contributed by atoms with Crippen LogP contribution in [-0.4, -0.2) is 8.42 Å². The number of ether oxygens (including phenoxy) is 1. The normalized spacial score (nSPS) is 28.1. The Labute approximate surface area is 92.4 Å². The van der Waals surface area contributed by atoms with Crippen molar-refractivity contribution in [2.45, 2.75) is 29.9 Å². The first-order chi connectivity index (χ1) is 7.07. The van der Waals surface area contributed by atoms with E-state index < -0.39 is 9.05 Å². The van der Waals surface area contributed by atoms with Gasteiger partial charge in [-0.1, -0.05) is 12.1 Å². The minimum Gasteiger partial charge on any atom is -0.366 e. The maximum Gasteiger partial charge on any atom is 0.261 e. The third-order valence-electron chi connectivity index (χ3n) is 3.05. The second-order valence-corrected chi connectivity index (χ2v) is 6.42. The maximum absolute atomic E-state index is 11.4. The lowest BCUT2D eigenvalue weighted by Gasteiger charge is -2.13. The summed E-state index contributed by atoms with van der Waals surface area (Å²) in [5, 5.41) is 0. The molecule has 2 aliphatic heterocycles. The molecular weight excluding hydrogens is 236 g/mol. The summed E-state index contributed by atoms with van der Waals surface area (Å²) in [5.74, 6) is 0. The number of hydrogen-bond acceptors (Lipinski definition) is 3. The van der Waals surface area contributed by atoms with Crippen molar-refractivity contribution in [3.63, 3.8) is 0 Å². The highest BCUT2D eigenvalue weighted by Crippen LogP contribution is 2.52. The van der Waals surface area contributed by atoms with Gasteiger partial charge in [-0.2, -0.15) is 0 Å². The highest BCUT2D eigenvalue weighted by atomic mass is 35.7. The fraction of sp³-hybridized carbons (Fsp3) is 0.400. The predicted molar refractivity (Wildman–Crippen MR) is 55.3 cm³/mol. The summed E-state index contributed by atoms with van der Waals surface area (Å²) in [7, 11) is 1.74. The highest BCUT2D eigenvalue weighted by molar-refractivity contribution is 8.13. The van der Waals surface area contributed by atoms with E-state index in [2.05, 4.69) is 0 Å². The van der Waals surface area contributed by atoms with Crippen molar-refractivity contribution in [3.05, 3.63) is 29.3 Å². The van der Waals surface area contributed by atoms with Gasteiger partial charge >= 0.3 is 0 Å². The van der Waals surface area contributed by atoms with Gasteiger partial charge in [0, 0.05) is 16.2 Å². The van der Waals surface area contributed by atoms with Gasteiger partial charge in [-0.25, -0.2) is 8.42 Å². The largest absolute Gasteiger partial charge is 0.366 e. The Kier molecular flexibility index (Phi) is 1.90. The fourth-order valence-electron chi connectivity index (χ4n) is 2.48. The molecule has 3 nitrogen and oxygen atoms in total. The van der Waals surface area contributed by atoms with Crippen LogP contribution in [0.15, 0.2) is 23.1 Å². The lowest BCUT2D eigenvalue weighted by molar-refractivity contribution is 0.0708. The lowest BCUT2D eigenvalue weighted by Crippen LogP contribution is -2.04. The average molecular weight is 245 g/mol. The van der Waals surface area contributed by atoms with Crippen LogP contribution in [0.5, 0.6) is 0 Å². The van der Waals surface area contributed by atoms with Gasteiger partial charge in [0.25, 0.3) is 9.05 Å². The van der Waals surface area contributed by atoms with Crippen molar-refractivity contribution in [2.24, 2.45) is 0 Å². The Morgan fingerprint density at radius 1 is 1.27 bits per heavy atom. The van der Waals surface area contributed by atoms with Gasteiger partial charge in [0.1, 0.15) is 0 Å². The van der Waals surface area contributed by atoms with E-state index in [1.165, 1.54) is 0 Å². The minimum atomic E-state index is -3.66. The van der Waals surface area contributed by atoms with Crippen molar-refractivity contribution >= 4 is 19.7 Å². The molecule has 1 aromatic carbocycles. The summed E-state index contributed by atoms with van der Waals surface area (Å²) in [6.45, 7) is 0. The summed E-state index contributed by atoms with van der Waals surface area (Å²) in [5.41, 5.74) is 1.77. The zero-order chi connectivity index (χ0) is 10.6. The third-order valence-corrected chi connectivity index (χ3v) is 4.43. The molecule has 1 saturated heterocycles. The van der Waals surface area contributed by atoms with Crippen LogP contribution in [0.4, 0.5) is 0 Å². The molecule has 2 unspecified atom stereocenters. The van der Waals surface area contributed by atoms with Crippen LogP contribution in [0.3, 0.4) is 0 Å². The van der Waals surface area contributed by atoms with E-state index in [4.69, 9.17) is 15.4 Å². The van der Waals surface area contributed by atoms with Crippen molar-refractivity contribution < 1.29 is 13.2 Å². The molecule has 2 heterocycles. The first-order valence-electron chi connectivity index (χ1n) is 4.80. The van der Waals surface area contributed by atoms with E-state index in [9.17, 15) is 8.42 Å². The van der Waals surface area contributed by atoms with E-state index in [1.807, 2.05) is 6.07 Å². The molecule has 1 aromatic rings. The van der Waals surface area contributed by atoms with Gasteiger partial charge in [-0.15, -0.1) is 0 Å². The number of fused-ring (bicyclic) bond motifs is 5. The van der Waals surface area contributed by atoms with Crippen LogP contribution in [0.2, 0.25) is 0 Å². The zero-order valence-corrected chi connectivity index (χ0v) is 9.38. The maximum atomic E-state index is 11.4. The molecule has 0 amide bonds. The molecule has 2 bridgehead atoms. The number of benzene rings is 1. The number of rotatable bonds is 1. The van der Waals surface area contributed by atoms with E-state index in [-0.39, 0.29) is 17.1 Å². The monoisotopic (exact) mass is 244 g/mol. The molecule has 2 atom stereocenters. The summed E-state index contributed by atoms with van der Waals surface area (Å²) in [6, 6.07) is 5.19. The van der Waals surface area contributed by atoms with Gasteiger partial charge in [0.05, 0.1) is 17.1 Å². The fourth-order valence-corrected chi connectivity index (χ4v) is 3.63. The van der Waals surface area contributed by atoms with Crippen LogP contribution in [0, 0.1) is 0 Å². The molecule has 0 aliphatic carbocycles. The van der Waals surface area contributed by atoms with Gasteiger partial charge in [0.15, 0.2) is 0 Å². The van der Waals surface area contributed by atoms with Crippen molar-refractivity contribution in [2.75, 3.05) is 0 Å². The molecule has 0 radical (unpaired) electrons. The Morgan fingerprint density at radius 3 is 2.73 bits per heavy atom. The first-order valence-corrected chi connectivity index (χ1v) is 7.11. The molecule has 80 valence electrons. The van der Waals surface area contributed by atoms with Gasteiger partial charge in [-0.3, -0.25) is 0 Å². The van der Waals surface area contributed by atoms with Crippen LogP contribution in [0.1, 0.15) is 36.2 Å². The molecule has 15 heavy (non-hydrogen) atoms. The molecule has 0 aromatic heterocycles. The minimum absolute atomic E-state index is 0.0726. The molecule has 5 heteroatoms. The molecular formula is C10H9ClO3S. The third kappa shape index (κ3) is 1.32. The number of hydrogen-bond donors (Lipinski definition) is 0. The smallest absolute Gasteiger partial charge is 0.261 e. The predicted octanol–water partition coefficient (Wildman–Crippen LogP) is 2.52. The van der Waals surface area contributed by atoms with E-state index in [0.717, 1.165) is 24.0 Å². The molecule has 0 saturated carbocycles. The SMILES string of the molecule is O=S(=O)(Cl)c1cccc2c1C1CCC2O1. The first kappa shape index (κ1) is 9.63. The molecule has 1 fully saturated rings. The Hall–Kier alpha value is -0.580. The molecule has 2 aliphatic rings. The highest BCUT2D eigenvalue weighted by Gasteiger charge is 2.41. The lowest BCUT2D eigenvalue weighted by atomic mass is 9.92. The van der Waals surface area contributed by atoms with Crippen molar-refractivity contribution in [3.8, 4) is 0 Å². The quantitative estimate of drug-likeness (QED) is 0.713. The second-order valence-electron chi connectivity index (χ2n) is 3.89. The summed E-state index contributed by atoms with van der Waals surface area (Å²) < 4.78 is 28.4. The second kappa shape index (κ2) is 2.97. The molecule has 0 N–H and O–H groups in total. The number of halogens is 1. The van der Waals surface area contributed by atoms with Crippen LogP contribution in [0.25, 0.3) is 0 Å².